The average molecular weight is 281 g/mol. The molecule has 1 atom stereocenters. The molecule has 1 aromatic carbocycles. The molecule has 21 heavy (non-hydrogen) atoms. The lowest BCUT2D eigenvalue weighted by atomic mass is 10.2. The molecule has 4 nitrogen and oxygen atoms in total. The number of rotatable bonds is 6. The molecular formula is C17H19N3O. The molecular weight excluding hydrogens is 262 g/mol. The number of nitrogens with one attached hydrogen (secondary N) is 1. The Labute approximate surface area is 124 Å². The van der Waals surface area contributed by atoms with Crippen molar-refractivity contribution >= 4 is 0 Å². The van der Waals surface area contributed by atoms with Crippen molar-refractivity contribution in [3.63, 3.8) is 0 Å². The van der Waals surface area contributed by atoms with Gasteiger partial charge in [-0.1, -0.05) is 30.3 Å². The molecule has 2 aromatic heterocycles. The molecule has 1 N–H and O–H groups in total. The van der Waals surface area contributed by atoms with E-state index in [9.17, 15) is 0 Å². The highest BCUT2D eigenvalue weighted by Crippen LogP contribution is 2.13. The minimum absolute atomic E-state index is 0.192. The van der Waals surface area contributed by atoms with E-state index in [1.54, 1.807) is 6.26 Å². The topological polar surface area (TPSA) is 43.0 Å². The van der Waals surface area contributed by atoms with Gasteiger partial charge in [-0.15, -0.1) is 0 Å². The minimum Gasteiger partial charge on any atom is -0.468 e. The molecule has 108 valence electrons. The summed E-state index contributed by atoms with van der Waals surface area (Å²) >= 11 is 0. The van der Waals surface area contributed by atoms with Gasteiger partial charge < -0.3 is 9.73 Å². The zero-order valence-electron chi connectivity index (χ0n) is 12.1. The maximum Gasteiger partial charge on any atom is 0.120 e. The summed E-state index contributed by atoms with van der Waals surface area (Å²) < 4.78 is 7.35. The first-order valence-corrected chi connectivity index (χ1v) is 7.13. The van der Waals surface area contributed by atoms with Crippen LogP contribution in [-0.2, 0) is 13.1 Å². The fourth-order valence-corrected chi connectivity index (χ4v) is 2.26. The SMILES string of the molecule is C[C@@H](NCc1cnn(Cc2ccccc2)c1)c1ccco1. The molecule has 0 unspecified atom stereocenters. The average Bonchev–Trinajstić information content (AvgIpc) is 3.17. The van der Waals surface area contributed by atoms with Gasteiger partial charge in [-0.05, 0) is 24.6 Å². The van der Waals surface area contributed by atoms with Crippen molar-refractivity contribution in [1.82, 2.24) is 15.1 Å². The second kappa shape index (κ2) is 6.41. The van der Waals surface area contributed by atoms with Gasteiger partial charge in [0.05, 0.1) is 25.0 Å². The van der Waals surface area contributed by atoms with Gasteiger partial charge in [0.2, 0.25) is 0 Å². The first-order valence-electron chi connectivity index (χ1n) is 7.13. The quantitative estimate of drug-likeness (QED) is 0.753. The van der Waals surface area contributed by atoms with Crippen molar-refractivity contribution in [2.45, 2.75) is 26.1 Å². The van der Waals surface area contributed by atoms with E-state index in [1.807, 2.05) is 41.2 Å². The van der Waals surface area contributed by atoms with Crippen LogP contribution in [0.25, 0.3) is 0 Å². The molecule has 0 radical (unpaired) electrons. The number of aromatic nitrogens is 2. The lowest BCUT2D eigenvalue weighted by Gasteiger charge is -2.09. The van der Waals surface area contributed by atoms with Crippen molar-refractivity contribution in [1.29, 1.82) is 0 Å². The predicted octanol–water partition coefficient (Wildman–Crippen LogP) is 3.38. The molecule has 4 heteroatoms. The summed E-state index contributed by atoms with van der Waals surface area (Å²) in [7, 11) is 0. The lowest BCUT2D eigenvalue weighted by molar-refractivity contribution is 0.430. The van der Waals surface area contributed by atoms with Crippen molar-refractivity contribution in [2.75, 3.05) is 0 Å². The molecule has 0 aliphatic heterocycles. The van der Waals surface area contributed by atoms with Crippen LogP contribution in [0.1, 0.15) is 29.9 Å². The predicted molar refractivity (Wildman–Crippen MR) is 81.7 cm³/mol. The summed E-state index contributed by atoms with van der Waals surface area (Å²) in [4.78, 5) is 0. The molecule has 3 rings (SSSR count). The second-order valence-electron chi connectivity index (χ2n) is 5.15. The van der Waals surface area contributed by atoms with E-state index in [1.165, 1.54) is 11.1 Å². The Balaban J connectivity index is 1.55. The summed E-state index contributed by atoms with van der Waals surface area (Å²) in [5.41, 5.74) is 2.42. The zero-order chi connectivity index (χ0) is 14.5. The van der Waals surface area contributed by atoms with Gasteiger partial charge in [0.15, 0.2) is 0 Å². The fourth-order valence-electron chi connectivity index (χ4n) is 2.26. The van der Waals surface area contributed by atoms with Crippen LogP contribution >= 0.6 is 0 Å². The van der Waals surface area contributed by atoms with Gasteiger partial charge in [0.1, 0.15) is 5.76 Å². The number of benzene rings is 1. The minimum atomic E-state index is 0.192. The molecule has 0 aliphatic rings. The lowest BCUT2D eigenvalue weighted by Crippen LogP contribution is -2.17. The van der Waals surface area contributed by atoms with E-state index in [2.05, 4.69) is 35.7 Å². The fraction of sp³-hybridized carbons (Fsp3) is 0.235. The van der Waals surface area contributed by atoms with Gasteiger partial charge in [-0.2, -0.15) is 5.10 Å². The molecule has 2 heterocycles. The second-order valence-corrected chi connectivity index (χ2v) is 5.15. The number of hydrogen-bond acceptors (Lipinski definition) is 3. The van der Waals surface area contributed by atoms with Crippen LogP contribution in [0.4, 0.5) is 0 Å². The molecule has 0 saturated heterocycles. The summed E-state index contributed by atoms with van der Waals surface area (Å²) in [6.07, 6.45) is 5.69. The molecule has 0 bridgehead atoms. The van der Waals surface area contributed by atoms with Gasteiger partial charge in [-0.3, -0.25) is 4.68 Å². The van der Waals surface area contributed by atoms with Crippen LogP contribution in [0.3, 0.4) is 0 Å². The summed E-state index contributed by atoms with van der Waals surface area (Å²) in [6.45, 7) is 3.67. The van der Waals surface area contributed by atoms with Crippen LogP contribution in [0.5, 0.6) is 0 Å². The van der Waals surface area contributed by atoms with E-state index in [0.717, 1.165) is 18.8 Å². The monoisotopic (exact) mass is 281 g/mol. The van der Waals surface area contributed by atoms with Crippen LogP contribution < -0.4 is 5.32 Å². The molecule has 3 aromatic rings. The Morgan fingerprint density at radius 3 is 2.76 bits per heavy atom. The standard InChI is InChI=1S/C17H19N3O/c1-14(17-8-5-9-21-17)18-10-16-11-19-20(13-16)12-15-6-3-2-4-7-15/h2-9,11,13-14,18H,10,12H2,1H3/t14-/m1/s1. The maximum absolute atomic E-state index is 5.38. The van der Waals surface area contributed by atoms with Gasteiger partial charge in [0.25, 0.3) is 0 Å². The van der Waals surface area contributed by atoms with Crippen molar-refractivity contribution < 1.29 is 4.42 Å². The van der Waals surface area contributed by atoms with Gasteiger partial charge in [0, 0.05) is 18.3 Å². The van der Waals surface area contributed by atoms with E-state index >= 15 is 0 Å². The van der Waals surface area contributed by atoms with Gasteiger partial charge in [-0.25, -0.2) is 0 Å². The summed E-state index contributed by atoms with van der Waals surface area (Å²) in [5, 5.41) is 7.84. The van der Waals surface area contributed by atoms with E-state index in [4.69, 9.17) is 4.42 Å². The zero-order valence-corrected chi connectivity index (χ0v) is 12.1. The first kappa shape index (κ1) is 13.6. The normalized spacial score (nSPS) is 12.4. The largest absolute Gasteiger partial charge is 0.468 e. The number of hydrogen-bond donors (Lipinski definition) is 1. The highest BCUT2D eigenvalue weighted by molar-refractivity contribution is 5.15. The van der Waals surface area contributed by atoms with E-state index in [-0.39, 0.29) is 6.04 Å². The Kier molecular flexibility index (Phi) is 4.17. The highest BCUT2D eigenvalue weighted by Gasteiger charge is 2.08. The maximum atomic E-state index is 5.38. The smallest absolute Gasteiger partial charge is 0.120 e. The van der Waals surface area contributed by atoms with Gasteiger partial charge >= 0.3 is 0 Å². The highest BCUT2D eigenvalue weighted by atomic mass is 16.3. The Hall–Kier alpha value is -2.33. The van der Waals surface area contributed by atoms with Crippen LogP contribution in [0, 0.1) is 0 Å². The van der Waals surface area contributed by atoms with Crippen LogP contribution in [-0.4, -0.2) is 9.78 Å². The van der Waals surface area contributed by atoms with Crippen molar-refractivity contribution in [3.8, 4) is 0 Å². The number of nitrogens with zero attached hydrogens (tertiary/aromatic N) is 2. The third-order valence-electron chi connectivity index (χ3n) is 3.46. The van der Waals surface area contributed by atoms with Crippen molar-refractivity contribution in [2.24, 2.45) is 0 Å². The Morgan fingerprint density at radius 2 is 2.00 bits per heavy atom. The third-order valence-corrected chi connectivity index (χ3v) is 3.46. The van der Waals surface area contributed by atoms with Crippen molar-refractivity contribution in [3.05, 3.63) is 78.0 Å². The Bertz CT molecular complexity index is 658. The molecule has 0 aliphatic carbocycles. The molecule has 0 saturated carbocycles. The Morgan fingerprint density at radius 1 is 1.14 bits per heavy atom. The van der Waals surface area contributed by atoms with E-state index in [0.29, 0.717) is 0 Å². The van der Waals surface area contributed by atoms with Crippen LogP contribution in [0.15, 0.2) is 65.5 Å². The summed E-state index contributed by atoms with van der Waals surface area (Å²) in [6, 6.07) is 14.4. The summed E-state index contributed by atoms with van der Waals surface area (Å²) in [5.74, 6) is 0.951. The van der Waals surface area contributed by atoms with E-state index < -0.39 is 0 Å². The molecule has 0 amide bonds. The third kappa shape index (κ3) is 3.61. The molecule has 0 fully saturated rings. The first-order chi connectivity index (χ1) is 10.3. The number of furan rings is 1. The van der Waals surface area contributed by atoms with Crippen LogP contribution in [0.2, 0.25) is 0 Å². The molecule has 0 spiro atoms.